The molecule has 1 rings (SSSR count). The second-order valence-corrected chi connectivity index (χ2v) is 3.11. The van der Waals surface area contributed by atoms with Crippen LogP contribution in [-0.4, -0.2) is 23.4 Å². The molecule has 4 heteroatoms. The Morgan fingerprint density at radius 1 is 1.80 bits per heavy atom. The number of thioether (sulfide) groups is 1. The molecule has 0 radical (unpaired) electrons. The molecular formula is C6H9NO2S. The minimum Gasteiger partial charge on any atom is -0.478 e. The average Bonchev–Trinajstić information content (AvgIpc) is 1.88. The lowest BCUT2D eigenvalue weighted by atomic mass is 10.5. The Bertz CT molecular complexity index is 159. The third-order valence-corrected chi connectivity index (χ3v) is 2.20. The molecule has 3 nitrogen and oxygen atoms in total. The molecule has 1 saturated heterocycles. The molecule has 0 bridgehead atoms. The first-order valence-electron chi connectivity index (χ1n) is 3.10. The van der Waals surface area contributed by atoms with E-state index in [2.05, 4.69) is 5.32 Å². The van der Waals surface area contributed by atoms with Crippen LogP contribution in [0.15, 0.2) is 11.1 Å². The van der Waals surface area contributed by atoms with Crippen molar-refractivity contribution < 1.29 is 9.90 Å². The average molecular weight is 159 g/mol. The second kappa shape index (κ2) is 3.51. The van der Waals surface area contributed by atoms with Crippen LogP contribution in [0.2, 0.25) is 0 Å². The first kappa shape index (κ1) is 7.47. The molecule has 1 fully saturated rings. The van der Waals surface area contributed by atoms with Gasteiger partial charge in [-0.3, -0.25) is 0 Å². The van der Waals surface area contributed by atoms with Crippen LogP contribution in [0.5, 0.6) is 0 Å². The monoisotopic (exact) mass is 159 g/mol. The van der Waals surface area contributed by atoms with Crippen molar-refractivity contribution in [3.05, 3.63) is 11.1 Å². The van der Waals surface area contributed by atoms with Gasteiger partial charge in [-0.2, -0.15) is 0 Å². The maximum absolute atomic E-state index is 10.1. The highest BCUT2D eigenvalue weighted by Gasteiger charge is 2.05. The molecule has 0 spiro atoms. The smallest absolute Gasteiger partial charge is 0.330 e. The fourth-order valence-electron chi connectivity index (χ4n) is 0.722. The Kier molecular flexibility index (Phi) is 2.62. The van der Waals surface area contributed by atoms with E-state index >= 15 is 0 Å². The minimum atomic E-state index is -0.878. The number of rotatable bonds is 1. The van der Waals surface area contributed by atoms with E-state index in [0.29, 0.717) is 0 Å². The summed E-state index contributed by atoms with van der Waals surface area (Å²) in [5.74, 6) is 0.142. The van der Waals surface area contributed by atoms with E-state index < -0.39 is 5.97 Å². The summed E-state index contributed by atoms with van der Waals surface area (Å²) >= 11 is 1.56. The molecular weight excluding hydrogens is 150 g/mol. The van der Waals surface area contributed by atoms with Crippen LogP contribution >= 0.6 is 11.8 Å². The lowest BCUT2D eigenvalue weighted by Crippen LogP contribution is -2.19. The summed E-state index contributed by atoms with van der Waals surface area (Å²) in [6.07, 6.45) is 2.32. The van der Waals surface area contributed by atoms with Gasteiger partial charge in [-0.1, -0.05) is 0 Å². The van der Waals surface area contributed by atoms with Gasteiger partial charge in [0.1, 0.15) is 0 Å². The van der Waals surface area contributed by atoms with Gasteiger partial charge in [0.05, 0.1) is 11.1 Å². The highest BCUT2D eigenvalue weighted by atomic mass is 32.2. The molecule has 0 aromatic heterocycles. The van der Waals surface area contributed by atoms with E-state index in [0.717, 1.165) is 23.7 Å². The second-order valence-electron chi connectivity index (χ2n) is 1.98. The Morgan fingerprint density at radius 3 is 3.10 bits per heavy atom. The zero-order chi connectivity index (χ0) is 7.40. The van der Waals surface area contributed by atoms with Crippen LogP contribution in [0.25, 0.3) is 0 Å². The molecule has 0 amide bonds. The van der Waals surface area contributed by atoms with E-state index in [-0.39, 0.29) is 0 Å². The molecule has 0 aliphatic carbocycles. The van der Waals surface area contributed by atoms with E-state index in [1.54, 1.807) is 11.8 Å². The predicted octanol–water partition coefficient (Wildman–Crippen LogP) is 0.639. The van der Waals surface area contributed by atoms with Crippen molar-refractivity contribution >= 4 is 17.7 Å². The van der Waals surface area contributed by atoms with Gasteiger partial charge >= 0.3 is 5.97 Å². The van der Waals surface area contributed by atoms with Crippen molar-refractivity contribution in [1.82, 2.24) is 5.32 Å². The molecule has 0 aromatic carbocycles. The van der Waals surface area contributed by atoms with Crippen molar-refractivity contribution in [2.75, 3.05) is 12.3 Å². The van der Waals surface area contributed by atoms with Crippen LogP contribution < -0.4 is 5.32 Å². The van der Waals surface area contributed by atoms with E-state index in [1.807, 2.05) is 0 Å². The van der Waals surface area contributed by atoms with Gasteiger partial charge in [-0.15, -0.1) is 11.8 Å². The first-order chi connectivity index (χ1) is 4.79. The first-order valence-corrected chi connectivity index (χ1v) is 4.09. The van der Waals surface area contributed by atoms with Gasteiger partial charge in [0.15, 0.2) is 0 Å². The molecule has 0 saturated carbocycles. The van der Waals surface area contributed by atoms with Crippen molar-refractivity contribution in [3.8, 4) is 0 Å². The summed E-state index contributed by atoms with van der Waals surface area (Å²) in [5.41, 5.74) is 0. The third kappa shape index (κ3) is 2.31. The fraction of sp³-hybridized carbons (Fsp3) is 0.500. The van der Waals surface area contributed by atoms with Gasteiger partial charge in [-0.05, 0) is 6.42 Å². The zero-order valence-electron chi connectivity index (χ0n) is 5.46. The maximum atomic E-state index is 10.1. The number of hydrogen-bond donors (Lipinski definition) is 2. The number of carbonyl (C=O) groups is 1. The van der Waals surface area contributed by atoms with Crippen molar-refractivity contribution in [2.45, 2.75) is 6.42 Å². The Morgan fingerprint density at radius 2 is 2.60 bits per heavy atom. The normalized spacial score (nSPS) is 22.2. The van der Waals surface area contributed by atoms with Crippen molar-refractivity contribution in [2.24, 2.45) is 0 Å². The molecule has 1 heterocycles. The zero-order valence-corrected chi connectivity index (χ0v) is 6.28. The summed E-state index contributed by atoms with van der Waals surface area (Å²) in [7, 11) is 0. The molecule has 56 valence electrons. The molecule has 0 aromatic rings. The highest BCUT2D eigenvalue weighted by molar-refractivity contribution is 8.03. The van der Waals surface area contributed by atoms with Crippen LogP contribution in [0, 0.1) is 0 Å². The molecule has 0 atom stereocenters. The topological polar surface area (TPSA) is 49.3 Å². The van der Waals surface area contributed by atoms with E-state index in [4.69, 9.17) is 5.11 Å². The number of carboxylic acid groups (broad SMARTS) is 1. The standard InChI is InChI=1S/C6H9NO2S/c8-6(9)4-5-7-2-1-3-10-5/h4,7H,1-3H2,(H,8,9). The quantitative estimate of drug-likeness (QED) is 0.551. The van der Waals surface area contributed by atoms with E-state index in [9.17, 15) is 4.79 Å². The summed E-state index contributed by atoms with van der Waals surface area (Å²) in [6, 6.07) is 0. The molecule has 1 aliphatic heterocycles. The Labute approximate surface area is 63.5 Å². The Hall–Kier alpha value is -0.640. The highest BCUT2D eigenvalue weighted by Crippen LogP contribution is 2.17. The van der Waals surface area contributed by atoms with Gasteiger partial charge in [0, 0.05) is 12.3 Å². The van der Waals surface area contributed by atoms with Gasteiger partial charge in [-0.25, -0.2) is 4.79 Å². The van der Waals surface area contributed by atoms with Crippen molar-refractivity contribution in [3.63, 3.8) is 0 Å². The molecule has 10 heavy (non-hydrogen) atoms. The van der Waals surface area contributed by atoms with Crippen LogP contribution in [0.3, 0.4) is 0 Å². The summed E-state index contributed by atoms with van der Waals surface area (Å²) in [6.45, 7) is 0.895. The minimum absolute atomic E-state index is 0.777. The van der Waals surface area contributed by atoms with Gasteiger partial charge < -0.3 is 10.4 Å². The molecule has 1 aliphatic rings. The largest absolute Gasteiger partial charge is 0.478 e. The number of aliphatic carboxylic acids is 1. The predicted molar refractivity (Wildman–Crippen MR) is 40.8 cm³/mol. The fourth-order valence-corrected chi connectivity index (χ4v) is 1.62. The lowest BCUT2D eigenvalue weighted by molar-refractivity contribution is -0.131. The number of nitrogens with one attached hydrogen (secondary N) is 1. The molecule has 2 N–H and O–H groups in total. The van der Waals surface area contributed by atoms with Crippen LogP contribution in [-0.2, 0) is 4.79 Å². The third-order valence-electron chi connectivity index (χ3n) is 1.13. The van der Waals surface area contributed by atoms with E-state index in [1.165, 1.54) is 6.08 Å². The Balaban J connectivity index is 2.45. The number of carboxylic acids is 1. The SMILES string of the molecule is O=C(O)C=C1NCCCS1. The van der Waals surface area contributed by atoms with Gasteiger partial charge in [0.2, 0.25) is 0 Å². The van der Waals surface area contributed by atoms with Crippen LogP contribution in [0.1, 0.15) is 6.42 Å². The van der Waals surface area contributed by atoms with Crippen LogP contribution in [0.4, 0.5) is 0 Å². The van der Waals surface area contributed by atoms with Crippen molar-refractivity contribution in [1.29, 1.82) is 0 Å². The summed E-state index contributed by atoms with van der Waals surface area (Å²) in [5, 5.41) is 12.1. The number of hydrogen-bond acceptors (Lipinski definition) is 3. The summed E-state index contributed by atoms with van der Waals surface area (Å²) < 4.78 is 0. The summed E-state index contributed by atoms with van der Waals surface area (Å²) in [4.78, 5) is 10.1. The lowest BCUT2D eigenvalue weighted by Gasteiger charge is -2.14. The molecule has 0 unspecified atom stereocenters. The van der Waals surface area contributed by atoms with Gasteiger partial charge in [0.25, 0.3) is 0 Å². The maximum Gasteiger partial charge on any atom is 0.330 e.